The number of hydrogen-bond donors (Lipinski definition) is 1. The van der Waals surface area contributed by atoms with E-state index in [2.05, 4.69) is 5.32 Å². The number of ketones is 2. The number of cyclic esters (lactones) is 1. The number of anilines is 1. The predicted octanol–water partition coefficient (Wildman–Crippen LogP) is 6.07. The molecule has 4 aromatic carbocycles. The van der Waals surface area contributed by atoms with E-state index in [1.54, 1.807) is 42.5 Å². The number of fused-ring (bicyclic) bond motifs is 2. The third-order valence-electron chi connectivity index (χ3n) is 6.03. The number of ether oxygens (including phenoxy) is 1. The number of carbonyl (C=O) groups is 4. The highest BCUT2D eigenvalue weighted by molar-refractivity contribution is 6.46. The Kier molecular flexibility index (Phi) is 6.31. The number of esters is 1. The fraction of sp³-hybridized carbons (Fsp3) is 0.0714. The molecule has 6 nitrogen and oxygen atoms in total. The maximum absolute atomic E-state index is 13.8. The van der Waals surface area contributed by atoms with Gasteiger partial charge in [0.05, 0.1) is 16.3 Å². The molecule has 0 radical (unpaired) electrons. The van der Waals surface area contributed by atoms with Crippen LogP contribution in [0.2, 0.25) is 10.0 Å². The van der Waals surface area contributed by atoms with E-state index in [4.69, 9.17) is 27.9 Å². The third kappa shape index (κ3) is 4.37. The SMILES string of the molecule is O=C(Nc1ccc(Cl)cc1Cl)C(=O)[C@@H](C(=O)c1ccc2ccccc2c1)[C@H]1OC(=O)c2ccccc21. The Bertz CT molecular complexity index is 1560. The van der Waals surface area contributed by atoms with Gasteiger partial charge in [0.2, 0.25) is 5.78 Å². The molecule has 1 aliphatic heterocycles. The molecule has 2 atom stereocenters. The van der Waals surface area contributed by atoms with Crippen molar-refractivity contribution in [3.05, 3.63) is 112 Å². The van der Waals surface area contributed by atoms with E-state index in [1.807, 2.05) is 24.3 Å². The summed E-state index contributed by atoms with van der Waals surface area (Å²) in [6.45, 7) is 0. The number of rotatable bonds is 6. The van der Waals surface area contributed by atoms with E-state index in [0.717, 1.165) is 10.8 Å². The lowest BCUT2D eigenvalue weighted by atomic mass is 9.84. The maximum Gasteiger partial charge on any atom is 0.339 e. The van der Waals surface area contributed by atoms with Crippen LogP contribution in [0.3, 0.4) is 0 Å². The van der Waals surface area contributed by atoms with E-state index >= 15 is 0 Å². The molecule has 1 heterocycles. The molecule has 1 N–H and O–H groups in total. The van der Waals surface area contributed by atoms with Crippen molar-refractivity contribution in [1.29, 1.82) is 0 Å². The van der Waals surface area contributed by atoms with Crippen LogP contribution in [0.25, 0.3) is 10.8 Å². The van der Waals surface area contributed by atoms with Crippen LogP contribution in [-0.4, -0.2) is 23.4 Å². The largest absolute Gasteiger partial charge is 0.453 e. The quantitative estimate of drug-likeness (QED) is 0.145. The Balaban J connectivity index is 1.54. The van der Waals surface area contributed by atoms with Crippen molar-refractivity contribution < 1.29 is 23.9 Å². The average Bonchev–Trinajstić information content (AvgIpc) is 3.21. The molecule has 0 unspecified atom stereocenters. The standard InChI is InChI=1S/C28H17Cl2NO5/c29-18-11-12-22(21(30)14-18)31-27(34)25(33)23(26-19-7-3-4-8-20(19)28(35)36-26)24(32)17-10-9-15-5-1-2-6-16(15)13-17/h1-14,23,26H,(H,31,34)/t23-,26+/m1/s1. The lowest BCUT2D eigenvalue weighted by molar-refractivity contribution is -0.138. The molecule has 1 aliphatic rings. The van der Waals surface area contributed by atoms with E-state index < -0.39 is 35.5 Å². The first-order valence-electron chi connectivity index (χ1n) is 11.0. The van der Waals surface area contributed by atoms with Crippen molar-refractivity contribution in [2.45, 2.75) is 6.10 Å². The fourth-order valence-corrected chi connectivity index (χ4v) is 4.71. The average molecular weight is 518 g/mol. The van der Waals surface area contributed by atoms with Crippen LogP contribution >= 0.6 is 23.2 Å². The number of hydrogen-bond acceptors (Lipinski definition) is 5. The Morgan fingerprint density at radius 3 is 2.33 bits per heavy atom. The van der Waals surface area contributed by atoms with Crippen molar-refractivity contribution in [2.75, 3.05) is 5.32 Å². The van der Waals surface area contributed by atoms with Crippen LogP contribution in [0, 0.1) is 5.92 Å². The van der Waals surface area contributed by atoms with Crippen LogP contribution in [0.1, 0.15) is 32.4 Å². The summed E-state index contributed by atoms with van der Waals surface area (Å²) in [4.78, 5) is 52.8. The summed E-state index contributed by atoms with van der Waals surface area (Å²) in [6, 6.07) is 23.3. The smallest absolute Gasteiger partial charge is 0.339 e. The minimum Gasteiger partial charge on any atom is -0.453 e. The van der Waals surface area contributed by atoms with Gasteiger partial charge in [-0.3, -0.25) is 14.4 Å². The molecular weight excluding hydrogens is 501 g/mol. The van der Waals surface area contributed by atoms with Crippen molar-refractivity contribution >= 4 is 63.1 Å². The van der Waals surface area contributed by atoms with E-state index in [0.29, 0.717) is 10.6 Å². The highest BCUT2D eigenvalue weighted by atomic mass is 35.5. The van der Waals surface area contributed by atoms with Crippen LogP contribution in [-0.2, 0) is 14.3 Å². The topological polar surface area (TPSA) is 89.5 Å². The third-order valence-corrected chi connectivity index (χ3v) is 6.57. The molecule has 0 fully saturated rings. The number of halogens is 2. The first-order valence-corrected chi connectivity index (χ1v) is 11.7. The van der Waals surface area contributed by atoms with Crippen LogP contribution < -0.4 is 5.32 Å². The minimum atomic E-state index is -1.61. The van der Waals surface area contributed by atoms with Gasteiger partial charge < -0.3 is 10.1 Å². The first-order chi connectivity index (χ1) is 17.3. The second-order valence-corrected chi connectivity index (χ2v) is 9.10. The van der Waals surface area contributed by atoms with Gasteiger partial charge in [-0.1, -0.05) is 77.8 Å². The summed E-state index contributed by atoms with van der Waals surface area (Å²) in [5.74, 6) is -5.05. The van der Waals surface area contributed by atoms with Gasteiger partial charge in [-0.2, -0.15) is 0 Å². The molecule has 5 rings (SSSR count). The Morgan fingerprint density at radius 1 is 0.833 bits per heavy atom. The van der Waals surface area contributed by atoms with Crippen molar-refractivity contribution in [2.24, 2.45) is 5.92 Å². The van der Waals surface area contributed by atoms with Gasteiger partial charge in [0.1, 0.15) is 12.0 Å². The highest BCUT2D eigenvalue weighted by Crippen LogP contribution is 2.38. The fourth-order valence-electron chi connectivity index (χ4n) is 4.25. The summed E-state index contributed by atoms with van der Waals surface area (Å²) < 4.78 is 5.48. The summed E-state index contributed by atoms with van der Waals surface area (Å²) in [5.41, 5.74) is 0.977. The molecular formula is C28H17Cl2NO5. The number of benzene rings is 4. The molecule has 0 spiro atoms. The number of amides is 1. The zero-order chi connectivity index (χ0) is 25.4. The molecule has 178 valence electrons. The van der Waals surface area contributed by atoms with Gasteiger partial charge >= 0.3 is 5.97 Å². The van der Waals surface area contributed by atoms with Gasteiger partial charge in [0.25, 0.3) is 5.91 Å². The lowest BCUT2D eigenvalue weighted by Gasteiger charge is -2.21. The minimum absolute atomic E-state index is 0.124. The molecule has 0 aromatic heterocycles. The Hall–Kier alpha value is -4.00. The van der Waals surface area contributed by atoms with Crippen molar-refractivity contribution in [1.82, 2.24) is 0 Å². The predicted molar refractivity (Wildman–Crippen MR) is 136 cm³/mol. The second kappa shape index (κ2) is 9.57. The number of Topliss-reactive ketones (excluding diaryl/α,β-unsaturated/α-hetero) is 2. The van der Waals surface area contributed by atoms with Crippen molar-refractivity contribution in [3.8, 4) is 0 Å². The number of carbonyl (C=O) groups excluding carboxylic acids is 4. The molecule has 36 heavy (non-hydrogen) atoms. The highest BCUT2D eigenvalue weighted by Gasteiger charge is 2.46. The Labute approximate surface area is 215 Å². The van der Waals surface area contributed by atoms with Gasteiger partial charge in [-0.25, -0.2) is 4.79 Å². The first kappa shape index (κ1) is 23.7. The molecule has 0 saturated carbocycles. The van der Waals surface area contributed by atoms with Crippen molar-refractivity contribution in [3.63, 3.8) is 0 Å². The Morgan fingerprint density at radius 2 is 1.56 bits per heavy atom. The lowest BCUT2D eigenvalue weighted by Crippen LogP contribution is -2.38. The molecule has 0 saturated heterocycles. The zero-order valence-corrected chi connectivity index (χ0v) is 20.0. The summed E-state index contributed by atoms with van der Waals surface area (Å²) >= 11 is 12.0. The molecule has 8 heteroatoms. The molecule has 4 aromatic rings. The van der Waals surface area contributed by atoms with Gasteiger partial charge in [-0.15, -0.1) is 0 Å². The normalized spacial score (nSPS) is 15.2. The van der Waals surface area contributed by atoms with Crippen LogP contribution in [0.5, 0.6) is 0 Å². The van der Waals surface area contributed by atoms with E-state index in [1.165, 1.54) is 18.2 Å². The molecule has 1 amide bonds. The molecule has 0 aliphatic carbocycles. The zero-order valence-electron chi connectivity index (χ0n) is 18.5. The number of nitrogens with one attached hydrogen (secondary N) is 1. The summed E-state index contributed by atoms with van der Waals surface area (Å²) in [7, 11) is 0. The van der Waals surface area contributed by atoms with Gasteiger partial charge in [0, 0.05) is 16.1 Å². The van der Waals surface area contributed by atoms with Gasteiger partial charge in [-0.05, 0) is 41.1 Å². The monoisotopic (exact) mass is 517 g/mol. The maximum atomic E-state index is 13.8. The summed E-state index contributed by atoms with van der Waals surface area (Å²) in [6.07, 6.45) is -1.26. The van der Waals surface area contributed by atoms with Gasteiger partial charge in [0.15, 0.2) is 5.78 Å². The summed E-state index contributed by atoms with van der Waals surface area (Å²) in [5, 5.41) is 4.61. The van der Waals surface area contributed by atoms with Crippen LogP contribution in [0.15, 0.2) is 84.9 Å². The van der Waals surface area contributed by atoms with E-state index in [9.17, 15) is 19.2 Å². The molecule has 0 bridgehead atoms. The second-order valence-electron chi connectivity index (χ2n) is 8.26. The van der Waals surface area contributed by atoms with Crippen LogP contribution in [0.4, 0.5) is 5.69 Å². The van der Waals surface area contributed by atoms with E-state index in [-0.39, 0.29) is 21.8 Å².